The van der Waals surface area contributed by atoms with Crippen molar-refractivity contribution in [1.82, 2.24) is 0 Å². The van der Waals surface area contributed by atoms with Gasteiger partial charge in [-0.05, 0) is 47.2 Å². The number of phenolic OH excluding ortho intramolecular Hbond substituents is 1. The van der Waals surface area contributed by atoms with E-state index in [1.807, 2.05) is 0 Å². The molecule has 0 radical (unpaired) electrons. The lowest BCUT2D eigenvalue weighted by molar-refractivity contribution is -0.919. The van der Waals surface area contributed by atoms with Crippen LogP contribution in [0.2, 0.25) is 0 Å². The van der Waals surface area contributed by atoms with Crippen molar-refractivity contribution >= 4 is 21.7 Å². The second-order valence-electron chi connectivity index (χ2n) is 9.21. The summed E-state index contributed by atoms with van der Waals surface area (Å²) >= 11 is 0. The highest BCUT2D eigenvalue weighted by Crippen LogP contribution is 2.40. The number of hydrogen-bond donors (Lipinski definition) is 2. The van der Waals surface area contributed by atoms with Crippen LogP contribution in [-0.2, 0) is 12.7 Å². The molecule has 2 N–H and O–H groups in total. The number of piperidine rings is 1. The summed E-state index contributed by atoms with van der Waals surface area (Å²) in [4.78, 5) is 14.7. The fourth-order valence-corrected chi connectivity index (χ4v) is 4.96. The molecule has 4 nitrogen and oxygen atoms in total. The van der Waals surface area contributed by atoms with Gasteiger partial charge in [0.05, 0.1) is 29.6 Å². The van der Waals surface area contributed by atoms with E-state index in [9.17, 15) is 23.1 Å². The van der Waals surface area contributed by atoms with Gasteiger partial charge in [-0.25, -0.2) is 0 Å². The van der Waals surface area contributed by atoms with Crippen LogP contribution in [0.4, 0.5) is 13.2 Å². The summed E-state index contributed by atoms with van der Waals surface area (Å²) in [6.45, 7) is 4.17. The van der Waals surface area contributed by atoms with E-state index >= 15 is 0 Å². The minimum atomic E-state index is -4.89. The number of rotatable bonds is 3. The van der Waals surface area contributed by atoms with Gasteiger partial charge in [-0.15, -0.1) is 0 Å². The lowest BCUT2D eigenvalue weighted by Gasteiger charge is -2.27. The molecule has 1 aromatic heterocycles. The maximum absolute atomic E-state index is 14.3. The van der Waals surface area contributed by atoms with Crippen LogP contribution in [0.3, 0.4) is 0 Å². The number of quaternary nitrogens is 1. The molecule has 0 saturated carbocycles. The normalized spacial score (nSPS) is 19.1. The first kappa shape index (κ1) is 22.5. The number of fused-ring (bicyclic) bond motifs is 2. The average molecular weight is 468 g/mol. The van der Waals surface area contributed by atoms with Crippen molar-refractivity contribution in [2.45, 2.75) is 32.5 Å². The smallest absolute Gasteiger partial charge is 0.450 e. The lowest BCUT2D eigenvalue weighted by Crippen LogP contribution is -3.11. The van der Waals surface area contributed by atoms with Crippen molar-refractivity contribution in [2.75, 3.05) is 13.1 Å². The lowest BCUT2D eigenvalue weighted by atomic mass is 9.95. The maximum Gasteiger partial charge on any atom is 0.450 e. The van der Waals surface area contributed by atoms with E-state index in [-0.39, 0.29) is 27.8 Å². The predicted molar refractivity (Wildman–Crippen MR) is 125 cm³/mol. The molecule has 0 atom stereocenters. The van der Waals surface area contributed by atoms with Crippen molar-refractivity contribution in [3.05, 3.63) is 76.1 Å². The largest absolute Gasteiger partial charge is 0.507 e. The van der Waals surface area contributed by atoms with Crippen molar-refractivity contribution in [1.29, 1.82) is 0 Å². The Balaban J connectivity index is 1.76. The molecule has 0 spiro atoms. The fraction of sp³-hybridized carbons (Fsp3) is 0.296. The Morgan fingerprint density at radius 1 is 1.00 bits per heavy atom. The Bertz CT molecular complexity index is 1430. The van der Waals surface area contributed by atoms with E-state index in [4.69, 9.17) is 4.42 Å². The highest BCUT2D eigenvalue weighted by Gasteiger charge is 2.40. The standard InChI is InChI=1S/C27H24F3NO3/c1-16-11-13-31(14-12-16)15-21-22(32)10-9-20-24(33)23(26(27(28,29)30)34-25(20)21)19-8-4-6-17-5-2-3-7-18(17)19/h2-10,16,32H,11-15H2,1H3/p+1. The number of alkyl halides is 3. The van der Waals surface area contributed by atoms with Gasteiger partial charge in [0.15, 0.2) is 5.58 Å². The summed E-state index contributed by atoms with van der Waals surface area (Å²) < 4.78 is 48.3. The first-order valence-corrected chi connectivity index (χ1v) is 11.4. The Morgan fingerprint density at radius 2 is 1.71 bits per heavy atom. The number of nitrogens with one attached hydrogen (secondary N) is 1. The van der Waals surface area contributed by atoms with Crippen LogP contribution in [0.5, 0.6) is 5.75 Å². The van der Waals surface area contributed by atoms with Crippen molar-refractivity contribution in [2.24, 2.45) is 5.92 Å². The molecular formula is C27H25F3NO3+. The molecule has 0 bridgehead atoms. The number of hydrogen-bond acceptors (Lipinski definition) is 3. The fourth-order valence-electron chi connectivity index (χ4n) is 4.96. The van der Waals surface area contributed by atoms with Crippen LogP contribution >= 0.6 is 0 Å². The van der Waals surface area contributed by atoms with Crippen LogP contribution in [0.15, 0.2) is 63.8 Å². The first-order chi connectivity index (χ1) is 16.2. The zero-order chi connectivity index (χ0) is 24.0. The molecule has 1 fully saturated rings. The Labute approximate surface area is 194 Å². The second-order valence-corrected chi connectivity index (χ2v) is 9.21. The third-order valence-corrected chi connectivity index (χ3v) is 6.86. The Morgan fingerprint density at radius 3 is 2.44 bits per heavy atom. The van der Waals surface area contributed by atoms with E-state index in [0.717, 1.165) is 36.2 Å². The quantitative estimate of drug-likeness (QED) is 0.437. The molecule has 7 heteroatoms. The predicted octanol–water partition coefficient (Wildman–Crippen LogP) is 5.15. The number of halogens is 3. The molecule has 1 saturated heterocycles. The number of benzene rings is 3. The summed E-state index contributed by atoms with van der Waals surface area (Å²) in [6, 6.07) is 14.6. The van der Waals surface area contributed by atoms with Crippen LogP contribution in [0, 0.1) is 5.92 Å². The number of likely N-dealkylation sites (tertiary alicyclic amines) is 1. The van der Waals surface area contributed by atoms with Gasteiger partial charge in [-0.2, -0.15) is 13.2 Å². The van der Waals surface area contributed by atoms with E-state index in [2.05, 4.69) is 6.92 Å². The molecule has 3 aromatic carbocycles. The molecule has 5 rings (SSSR count). The third kappa shape index (κ3) is 3.94. The zero-order valence-electron chi connectivity index (χ0n) is 18.7. The van der Waals surface area contributed by atoms with Gasteiger partial charge in [-0.3, -0.25) is 4.79 Å². The van der Waals surface area contributed by atoms with Crippen LogP contribution in [0.1, 0.15) is 31.1 Å². The van der Waals surface area contributed by atoms with Gasteiger partial charge in [0.2, 0.25) is 11.2 Å². The van der Waals surface area contributed by atoms with E-state index < -0.39 is 22.9 Å². The molecule has 1 aliphatic heterocycles. The summed E-state index contributed by atoms with van der Waals surface area (Å²) in [5.74, 6) is -0.897. The third-order valence-electron chi connectivity index (χ3n) is 6.86. The Kier molecular flexibility index (Phi) is 5.60. The molecule has 0 unspecified atom stereocenters. The van der Waals surface area contributed by atoms with Crippen molar-refractivity contribution < 1.29 is 27.6 Å². The van der Waals surface area contributed by atoms with E-state index in [1.165, 1.54) is 18.2 Å². The number of aromatic hydroxyl groups is 1. The second kappa shape index (κ2) is 8.47. The van der Waals surface area contributed by atoms with Gasteiger partial charge in [0.25, 0.3) is 0 Å². The molecular weight excluding hydrogens is 443 g/mol. The van der Waals surface area contributed by atoms with Crippen molar-refractivity contribution in [3.8, 4) is 16.9 Å². The van der Waals surface area contributed by atoms with Gasteiger partial charge in [0, 0.05) is 0 Å². The molecule has 0 amide bonds. The van der Waals surface area contributed by atoms with Gasteiger partial charge >= 0.3 is 6.18 Å². The van der Waals surface area contributed by atoms with Gasteiger partial charge < -0.3 is 14.4 Å². The zero-order valence-corrected chi connectivity index (χ0v) is 18.7. The molecule has 34 heavy (non-hydrogen) atoms. The summed E-state index contributed by atoms with van der Waals surface area (Å²) in [7, 11) is 0. The SMILES string of the molecule is CC1CC[NH+](Cc2c(O)ccc3c(=O)c(-c4cccc5ccccc45)c(C(F)(F)F)oc23)CC1. The summed E-state index contributed by atoms with van der Waals surface area (Å²) in [5, 5.41) is 11.8. The van der Waals surface area contributed by atoms with E-state index in [0.29, 0.717) is 17.8 Å². The highest BCUT2D eigenvalue weighted by molar-refractivity contribution is 5.99. The van der Waals surface area contributed by atoms with E-state index in [1.54, 1.807) is 36.4 Å². The van der Waals surface area contributed by atoms with Crippen LogP contribution < -0.4 is 10.3 Å². The molecule has 0 aliphatic carbocycles. The molecule has 2 heterocycles. The Hall–Kier alpha value is -3.32. The van der Waals surface area contributed by atoms with Crippen molar-refractivity contribution in [3.63, 3.8) is 0 Å². The van der Waals surface area contributed by atoms with Crippen LogP contribution in [-0.4, -0.2) is 18.2 Å². The monoisotopic (exact) mass is 468 g/mol. The molecule has 4 aromatic rings. The highest BCUT2D eigenvalue weighted by atomic mass is 19.4. The average Bonchev–Trinajstić information content (AvgIpc) is 2.81. The van der Waals surface area contributed by atoms with Gasteiger partial charge in [-0.1, -0.05) is 49.4 Å². The number of phenols is 1. The minimum absolute atomic E-state index is 0.0357. The topological polar surface area (TPSA) is 54.9 Å². The summed E-state index contributed by atoms with van der Waals surface area (Å²) in [6.07, 6.45) is -2.89. The minimum Gasteiger partial charge on any atom is -0.507 e. The van der Waals surface area contributed by atoms with Gasteiger partial charge in [0.1, 0.15) is 12.3 Å². The maximum atomic E-state index is 14.3. The first-order valence-electron chi connectivity index (χ1n) is 11.4. The molecule has 1 aliphatic rings. The summed E-state index contributed by atoms with van der Waals surface area (Å²) in [5.41, 5.74) is -1.03. The van der Waals surface area contributed by atoms with Crippen LogP contribution in [0.25, 0.3) is 32.9 Å². The molecule has 176 valence electrons.